The summed E-state index contributed by atoms with van der Waals surface area (Å²) in [6.45, 7) is 1.73. The largest absolute Gasteiger partial charge is 0.326 e. The van der Waals surface area contributed by atoms with E-state index in [4.69, 9.17) is 0 Å². The molecule has 1 amide bonds. The van der Waals surface area contributed by atoms with Gasteiger partial charge in [-0.15, -0.1) is 0 Å². The van der Waals surface area contributed by atoms with Gasteiger partial charge in [-0.3, -0.25) is 4.79 Å². The Hall–Kier alpha value is -2.13. The molecule has 108 valence electrons. The molecule has 0 radical (unpaired) electrons. The second-order valence-corrected chi connectivity index (χ2v) is 5.70. The van der Waals surface area contributed by atoms with Crippen molar-refractivity contribution in [3.63, 3.8) is 0 Å². The molecule has 0 aliphatic carbocycles. The van der Waals surface area contributed by atoms with Gasteiger partial charge in [-0.25, -0.2) is 0 Å². The number of benzene rings is 2. The van der Waals surface area contributed by atoms with E-state index in [1.807, 2.05) is 48.5 Å². The van der Waals surface area contributed by atoms with E-state index in [1.54, 1.807) is 0 Å². The van der Waals surface area contributed by atoms with Crippen molar-refractivity contribution in [1.29, 1.82) is 0 Å². The Bertz CT molecular complexity index is 597. The highest BCUT2D eigenvalue weighted by molar-refractivity contribution is 5.93. The molecular weight excluding hydrogens is 260 g/mol. The number of para-hydroxylation sites is 1. The van der Waals surface area contributed by atoms with Gasteiger partial charge >= 0.3 is 0 Å². The van der Waals surface area contributed by atoms with Gasteiger partial charge in [0, 0.05) is 24.7 Å². The first-order valence-electron chi connectivity index (χ1n) is 7.33. The molecule has 1 heterocycles. The molecule has 1 aliphatic rings. The van der Waals surface area contributed by atoms with Gasteiger partial charge in [0.2, 0.25) is 5.91 Å². The number of rotatable bonds is 3. The highest BCUT2D eigenvalue weighted by Crippen LogP contribution is 2.32. The van der Waals surface area contributed by atoms with Gasteiger partial charge in [0.05, 0.1) is 5.92 Å². The summed E-state index contributed by atoms with van der Waals surface area (Å²) >= 11 is 0. The predicted octanol–water partition coefficient (Wildman–Crippen LogP) is 2.97. The van der Waals surface area contributed by atoms with Gasteiger partial charge in [-0.1, -0.05) is 48.5 Å². The lowest BCUT2D eigenvalue weighted by atomic mass is 9.88. The van der Waals surface area contributed by atoms with E-state index in [2.05, 4.69) is 29.4 Å². The lowest BCUT2D eigenvalue weighted by Crippen LogP contribution is -2.28. The molecule has 3 nitrogen and oxygen atoms in total. The third-order valence-electron chi connectivity index (χ3n) is 4.11. The van der Waals surface area contributed by atoms with Gasteiger partial charge in [-0.2, -0.15) is 0 Å². The molecule has 0 aromatic heterocycles. The molecule has 1 saturated heterocycles. The average molecular weight is 280 g/mol. The van der Waals surface area contributed by atoms with Gasteiger partial charge in [-0.05, 0) is 24.7 Å². The van der Waals surface area contributed by atoms with Crippen LogP contribution in [0.4, 0.5) is 5.69 Å². The van der Waals surface area contributed by atoms with Crippen molar-refractivity contribution >= 4 is 11.6 Å². The number of nitrogens with zero attached hydrogens (tertiary/aromatic N) is 1. The summed E-state index contributed by atoms with van der Waals surface area (Å²) in [6, 6.07) is 20.0. The molecule has 1 fully saturated rings. The Morgan fingerprint density at radius 1 is 1.00 bits per heavy atom. The van der Waals surface area contributed by atoms with Gasteiger partial charge in [0.1, 0.15) is 0 Å². The summed E-state index contributed by atoms with van der Waals surface area (Å²) in [5, 5.41) is 3.04. The number of hydrogen-bond donors (Lipinski definition) is 1. The van der Waals surface area contributed by atoms with Gasteiger partial charge in [0.25, 0.3) is 0 Å². The summed E-state index contributed by atoms with van der Waals surface area (Å²) in [5.41, 5.74) is 2.11. The third kappa shape index (κ3) is 3.14. The topological polar surface area (TPSA) is 32.3 Å². The smallest absolute Gasteiger partial charge is 0.229 e. The molecule has 2 aromatic carbocycles. The number of hydrogen-bond acceptors (Lipinski definition) is 2. The summed E-state index contributed by atoms with van der Waals surface area (Å²) < 4.78 is 0. The zero-order valence-corrected chi connectivity index (χ0v) is 12.2. The number of carbonyl (C=O) groups excluding carboxylic acids is 1. The van der Waals surface area contributed by atoms with Crippen molar-refractivity contribution in [1.82, 2.24) is 4.90 Å². The lowest BCUT2D eigenvalue weighted by molar-refractivity contribution is -0.119. The molecule has 1 aliphatic heterocycles. The molecule has 3 heteroatoms. The molecule has 2 aromatic rings. The van der Waals surface area contributed by atoms with E-state index in [-0.39, 0.29) is 17.7 Å². The standard InChI is InChI=1S/C18H20N2O/c1-20-12-16(14-8-4-2-5-9-14)17(13-20)18(21)19-15-10-6-3-7-11-15/h2-11,16-17H,12-13H2,1H3,(H,19,21). The predicted molar refractivity (Wildman–Crippen MR) is 85.2 cm³/mol. The van der Waals surface area contributed by atoms with E-state index in [9.17, 15) is 4.79 Å². The lowest BCUT2D eigenvalue weighted by Gasteiger charge is -2.18. The molecule has 2 atom stereocenters. The van der Waals surface area contributed by atoms with Crippen LogP contribution in [0.15, 0.2) is 60.7 Å². The molecular formula is C18H20N2O. The molecule has 0 bridgehead atoms. The Kier molecular flexibility index (Phi) is 4.02. The van der Waals surface area contributed by atoms with E-state index in [0.717, 1.165) is 18.8 Å². The Labute approximate surface area is 125 Å². The molecule has 1 N–H and O–H groups in total. The minimum absolute atomic E-state index is 0.00222. The van der Waals surface area contributed by atoms with Crippen LogP contribution in [-0.2, 0) is 4.79 Å². The minimum atomic E-state index is -0.00222. The van der Waals surface area contributed by atoms with E-state index >= 15 is 0 Å². The van der Waals surface area contributed by atoms with E-state index in [0.29, 0.717) is 0 Å². The summed E-state index contributed by atoms with van der Waals surface area (Å²) in [7, 11) is 2.08. The number of anilines is 1. The first-order chi connectivity index (χ1) is 10.2. The normalized spacial score (nSPS) is 22.1. The zero-order chi connectivity index (χ0) is 14.7. The maximum absolute atomic E-state index is 12.6. The minimum Gasteiger partial charge on any atom is -0.326 e. The van der Waals surface area contributed by atoms with Crippen molar-refractivity contribution < 1.29 is 4.79 Å². The van der Waals surface area contributed by atoms with Crippen molar-refractivity contribution in [3.05, 3.63) is 66.2 Å². The SMILES string of the molecule is CN1CC(C(=O)Nc2ccccc2)C(c2ccccc2)C1. The molecule has 0 saturated carbocycles. The number of nitrogens with one attached hydrogen (secondary N) is 1. The fraction of sp³-hybridized carbons (Fsp3) is 0.278. The van der Waals surface area contributed by atoms with Crippen LogP contribution < -0.4 is 5.32 Å². The molecule has 0 spiro atoms. The van der Waals surface area contributed by atoms with Crippen LogP contribution in [-0.4, -0.2) is 30.9 Å². The summed E-state index contributed by atoms with van der Waals surface area (Å²) in [5.74, 6) is 0.372. The quantitative estimate of drug-likeness (QED) is 0.937. The third-order valence-corrected chi connectivity index (χ3v) is 4.11. The average Bonchev–Trinajstić information content (AvgIpc) is 2.91. The highest BCUT2D eigenvalue weighted by atomic mass is 16.2. The number of carbonyl (C=O) groups is 1. The zero-order valence-electron chi connectivity index (χ0n) is 12.2. The van der Waals surface area contributed by atoms with Crippen molar-refractivity contribution in [2.75, 3.05) is 25.5 Å². The second-order valence-electron chi connectivity index (χ2n) is 5.70. The summed E-state index contributed by atoms with van der Waals surface area (Å²) in [6.07, 6.45) is 0. The fourth-order valence-corrected chi connectivity index (χ4v) is 3.06. The maximum atomic E-state index is 12.6. The first kappa shape index (κ1) is 13.8. The molecule has 3 rings (SSSR count). The first-order valence-corrected chi connectivity index (χ1v) is 7.33. The summed E-state index contributed by atoms with van der Waals surface area (Å²) in [4.78, 5) is 14.8. The second kappa shape index (κ2) is 6.10. The van der Waals surface area contributed by atoms with E-state index < -0.39 is 0 Å². The van der Waals surface area contributed by atoms with Gasteiger partial charge < -0.3 is 10.2 Å². The van der Waals surface area contributed by atoms with Crippen molar-refractivity contribution in [2.24, 2.45) is 5.92 Å². The van der Waals surface area contributed by atoms with Crippen molar-refractivity contribution in [2.45, 2.75) is 5.92 Å². The van der Waals surface area contributed by atoms with Crippen LogP contribution >= 0.6 is 0 Å². The van der Waals surface area contributed by atoms with Crippen LogP contribution in [0.1, 0.15) is 11.5 Å². The Morgan fingerprint density at radius 2 is 1.62 bits per heavy atom. The van der Waals surface area contributed by atoms with Crippen LogP contribution in [0.5, 0.6) is 0 Å². The number of amides is 1. The van der Waals surface area contributed by atoms with E-state index in [1.165, 1.54) is 5.56 Å². The molecule has 2 unspecified atom stereocenters. The Morgan fingerprint density at radius 3 is 2.29 bits per heavy atom. The fourth-order valence-electron chi connectivity index (χ4n) is 3.06. The van der Waals surface area contributed by atoms with Crippen molar-refractivity contribution in [3.8, 4) is 0 Å². The van der Waals surface area contributed by atoms with Crippen LogP contribution in [0, 0.1) is 5.92 Å². The van der Waals surface area contributed by atoms with Crippen LogP contribution in [0.3, 0.4) is 0 Å². The highest BCUT2D eigenvalue weighted by Gasteiger charge is 2.36. The number of likely N-dealkylation sites (tertiary alicyclic amines) is 1. The molecule has 21 heavy (non-hydrogen) atoms. The Balaban J connectivity index is 1.77. The maximum Gasteiger partial charge on any atom is 0.229 e. The monoisotopic (exact) mass is 280 g/mol. The number of likely N-dealkylation sites (N-methyl/N-ethyl adjacent to an activating group) is 1. The van der Waals surface area contributed by atoms with Crippen LogP contribution in [0.25, 0.3) is 0 Å². The van der Waals surface area contributed by atoms with Crippen LogP contribution in [0.2, 0.25) is 0 Å². The van der Waals surface area contributed by atoms with Gasteiger partial charge in [0.15, 0.2) is 0 Å².